The molecule has 3 heterocycles. The molecule has 1 aliphatic heterocycles. The van der Waals surface area contributed by atoms with Gasteiger partial charge in [-0.05, 0) is 32.4 Å². The minimum Gasteiger partial charge on any atom is -0.469 e. The lowest BCUT2D eigenvalue weighted by molar-refractivity contribution is 0.327. The van der Waals surface area contributed by atoms with Gasteiger partial charge in [-0.2, -0.15) is 4.98 Å². The van der Waals surface area contributed by atoms with Crippen LogP contribution in [0.5, 0.6) is 0 Å². The summed E-state index contributed by atoms with van der Waals surface area (Å²) in [5, 5.41) is 7.49. The Morgan fingerprint density at radius 2 is 2.28 bits per heavy atom. The van der Waals surface area contributed by atoms with Crippen LogP contribution in [0.4, 0.5) is 0 Å². The van der Waals surface area contributed by atoms with E-state index in [4.69, 9.17) is 8.94 Å². The fourth-order valence-electron chi connectivity index (χ4n) is 2.34. The molecule has 0 spiro atoms. The highest BCUT2D eigenvalue weighted by atomic mass is 16.5. The molecule has 18 heavy (non-hydrogen) atoms. The fourth-order valence-corrected chi connectivity index (χ4v) is 2.34. The van der Waals surface area contributed by atoms with E-state index in [0.29, 0.717) is 11.7 Å². The predicted molar refractivity (Wildman–Crippen MR) is 65.9 cm³/mol. The van der Waals surface area contributed by atoms with Crippen molar-refractivity contribution in [3.8, 4) is 11.4 Å². The van der Waals surface area contributed by atoms with E-state index in [0.717, 1.165) is 24.3 Å². The third-order valence-electron chi connectivity index (χ3n) is 3.40. The smallest absolute Gasteiger partial charge is 0.244 e. The normalized spacial score (nSPS) is 20.8. The average molecular weight is 247 g/mol. The molecule has 1 fully saturated rings. The molecule has 3 rings (SSSR count). The summed E-state index contributed by atoms with van der Waals surface area (Å²) < 4.78 is 10.6. The Hall–Kier alpha value is -1.62. The lowest BCUT2D eigenvalue weighted by Gasteiger charge is -2.09. The van der Waals surface area contributed by atoms with Gasteiger partial charge in [-0.15, -0.1) is 0 Å². The van der Waals surface area contributed by atoms with Crippen LogP contribution in [-0.4, -0.2) is 16.7 Å². The molecule has 0 aromatic carbocycles. The van der Waals surface area contributed by atoms with E-state index >= 15 is 0 Å². The first-order chi connectivity index (χ1) is 8.84. The molecular weight excluding hydrogens is 230 g/mol. The monoisotopic (exact) mass is 247 g/mol. The second-order valence-electron chi connectivity index (χ2n) is 4.70. The van der Waals surface area contributed by atoms with Gasteiger partial charge in [0.1, 0.15) is 5.76 Å². The quantitative estimate of drug-likeness (QED) is 0.884. The topological polar surface area (TPSA) is 64.1 Å². The first-order valence-corrected chi connectivity index (χ1v) is 6.46. The van der Waals surface area contributed by atoms with Crippen molar-refractivity contribution in [3.63, 3.8) is 0 Å². The number of aromatic nitrogens is 2. The Kier molecular flexibility index (Phi) is 3.15. The van der Waals surface area contributed by atoms with Gasteiger partial charge < -0.3 is 14.3 Å². The average Bonchev–Trinajstić information content (AvgIpc) is 2.91. The number of aryl methyl sites for hydroxylation is 1. The van der Waals surface area contributed by atoms with Gasteiger partial charge in [0.2, 0.25) is 11.7 Å². The third-order valence-corrected chi connectivity index (χ3v) is 3.40. The van der Waals surface area contributed by atoms with Crippen LogP contribution >= 0.6 is 0 Å². The van der Waals surface area contributed by atoms with E-state index in [9.17, 15) is 0 Å². The summed E-state index contributed by atoms with van der Waals surface area (Å²) in [5.41, 5.74) is 0.902. The summed E-state index contributed by atoms with van der Waals surface area (Å²) in [6.45, 7) is 2.92. The van der Waals surface area contributed by atoms with Crippen LogP contribution in [-0.2, 0) is 0 Å². The Morgan fingerprint density at radius 3 is 3.11 bits per heavy atom. The standard InChI is InChI=1S/C13H17N3O2/c1-9-10(6-8-17-9)12-15-13(18-16-12)11-5-3-2-4-7-14-11/h6,8,11,14H,2-5,7H2,1H3. The first-order valence-electron chi connectivity index (χ1n) is 6.46. The number of hydrogen-bond acceptors (Lipinski definition) is 5. The summed E-state index contributed by atoms with van der Waals surface area (Å²) in [5.74, 6) is 2.12. The summed E-state index contributed by atoms with van der Waals surface area (Å²) >= 11 is 0. The van der Waals surface area contributed by atoms with Crippen molar-refractivity contribution in [3.05, 3.63) is 24.0 Å². The molecule has 1 unspecified atom stereocenters. The lowest BCUT2D eigenvalue weighted by Crippen LogP contribution is -2.20. The SMILES string of the molecule is Cc1occc1-c1noc(C2CCCCCN2)n1. The number of hydrogen-bond donors (Lipinski definition) is 1. The minimum atomic E-state index is 0.195. The van der Waals surface area contributed by atoms with E-state index < -0.39 is 0 Å². The molecule has 0 radical (unpaired) electrons. The van der Waals surface area contributed by atoms with Crippen molar-refractivity contribution in [2.75, 3.05) is 6.54 Å². The van der Waals surface area contributed by atoms with Gasteiger partial charge in [0, 0.05) is 0 Å². The van der Waals surface area contributed by atoms with Crippen LogP contribution in [0.2, 0.25) is 0 Å². The molecule has 0 amide bonds. The van der Waals surface area contributed by atoms with Gasteiger partial charge in [-0.1, -0.05) is 18.0 Å². The van der Waals surface area contributed by atoms with Gasteiger partial charge in [-0.3, -0.25) is 0 Å². The first kappa shape index (κ1) is 11.5. The van der Waals surface area contributed by atoms with Crippen LogP contribution in [0.15, 0.2) is 21.3 Å². The van der Waals surface area contributed by atoms with Gasteiger partial charge in [0.05, 0.1) is 17.9 Å². The number of furan rings is 1. The molecular formula is C13H17N3O2. The third kappa shape index (κ3) is 2.18. The zero-order valence-corrected chi connectivity index (χ0v) is 10.5. The van der Waals surface area contributed by atoms with Crippen molar-refractivity contribution in [2.24, 2.45) is 0 Å². The maximum absolute atomic E-state index is 5.37. The zero-order chi connectivity index (χ0) is 12.4. The molecule has 1 saturated heterocycles. The van der Waals surface area contributed by atoms with Gasteiger partial charge in [0.25, 0.3) is 0 Å². The highest BCUT2D eigenvalue weighted by molar-refractivity contribution is 5.56. The van der Waals surface area contributed by atoms with Crippen molar-refractivity contribution in [1.82, 2.24) is 15.5 Å². The summed E-state index contributed by atoms with van der Waals surface area (Å²) in [6.07, 6.45) is 6.40. The molecule has 96 valence electrons. The number of rotatable bonds is 2. The Balaban J connectivity index is 1.82. The molecule has 0 bridgehead atoms. The Morgan fingerprint density at radius 1 is 1.33 bits per heavy atom. The predicted octanol–water partition coefficient (Wildman–Crippen LogP) is 2.84. The highest BCUT2D eigenvalue weighted by Gasteiger charge is 2.21. The minimum absolute atomic E-state index is 0.195. The molecule has 2 aromatic heterocycles. The largest absolute Gasteiger partial charge is 0.469 e. The molecule has 5 nitrogen and oxygen atoms in total. The maximum Gasteiger partial charge on any atom is 0.244 e. The van der Waals surface area contributed by atoms with E-state index in [2.05, 4.69) is 15.5 Å². The zero-order valence-electron chi connectivity index (χ0n) is 10.5. The lowest BCUT2D eigenvalue weighted by atomic mass is 10.1. The van der Waals surface area contributed by atoms with E-state index in [1.54, 1.807) is 6.26 Å². The molecule has 0 saturated carbocycles. The molecule has 0 aliphatic carbocycles. The summed E-state index contributed by atoms with van der Waals surface area (Å²) in [6, 6.07) is 2.06. The van der Waals surface area contributed by atoms with Crippen molar-refractivity contribution < 1.29 is 8.94 Å². The van der Waals surface area contributed by atoms with Crippen molar-refractivity contribution in [1.29, 1.82) is 0 Å². The molecule has 5 heteroatoms. The Labute approximate surface area is 106 Å². The van der Waals surface area contributed by atoms with E-state index in [-0.39, 0.29) is 6.04 Å². The summed E-state index contributed by atoms with van der Waals surface area (Å²) in [4.78, 5) is 4.48. The molecule has 2 aromatic rings. The number of nitrogens with zero attached hydrogens (tertiary/aromatic N) is 2. The van der Waals surface area contributed by atoms with Gasteiger partial charge >= 0.3 is 0 Å². The molecule has 1 aliphatic rings. The highest BCUT2D eigenvalue weighted by Crippen LogP contribution is 2.25. The van der Waals surface area contributed by atoms with Crippen LogP contribution in [0, 0.1) is 6.92 Å². The van der Waals surface area contributed by atoms with Crippen LogP contribution in [0.1, 0.15) is 43.4 Å². The van der Waals surface area contributed by atoms with Gasteiger partial charge in [0.15, 0.2) is 0 Å². The Bertz CT molecular complexity index is 510. The summed E-state index contributed by atoms with van der Waals surface area (Å²) in [7, 11) is 0. The molecule has 1 atom stereocenters. The second kappa shape index (κ2) is 4.94. The van der Waals surface area contributed by atoms with Gasteiger partial charge in [-0.25, -0.2) is 0 Å². The van der Waals surface area contributed by atoms with Crippen LogP contribution in [0.3, 0.4) is 0 Å². The van der Waals surface area contributed by atoms with Crippen molar-refractivity contribution >= 4 is 0 Å². The number of nitrogens with one attached hydrogen (secondary N) is 1. The van der Waals surface area contributed by atoms with E-state index in [1.165, 1.54) is 19.3 Å². The van der Waals surface area contributed by atoms with Crippen molar-refractivity contribution in [2.45, 2.75) is 38.6 Å². The fraction of sp³-hybridized carbons (Fsp3) is 0.538. The van der Waals surface area contributed by atoms with Crippen LogP contribution < -0.4 is 5.32 Å². The van der Waals surface area contributed by atoms with E-state index in [1.807, 2.05) is 13.0 Å². The maximum atomic E-state index is 5.37. The second-order valence-corrected chi connectivity index (χ2v) is 4.70. The van der Waals surface area contributed by atoms with Crippen LogP contribution in [0.25, 0.3) is 11.4 Å². The molecule has 1 N–H and O–H groups in total.